The van der Waals surface area contributed by atoms with Crippen LogP contribution >= 0.6 is 0 Å². The van der Waals surface area contributed by atoms with Crippen LogP contribution in [-0.2, 0) is 22.6 Å². The van der Waals surface area contributed by atoms with Gasteiger partial charge in [-0.15, -0.1) is 0 Å². The molecule has 1 fully saturated rings. The van der Waals surface area contributed by atoms with Crippen molar-refractivity contribution in [3.05, 3.63) is 88.4 Å². The number of nitrogens with zero attached hydrogens (tertiary/aromatic N) is 1. The maximum atomic E-state index is 12.9. The lowest BCUT2D eigenvalue weighted by molar-refractivity contribution is -0.132. The third-order valence-corrected chi connectivity index (χ3v) is 7.11. The van der Waals surface area contributed by atoms with E-state index in [1.54, 1.807) is 12.1 Å². The van der Waals surface area contributed by atoms with Crippen LogP contribution in [0.15, 0.2) is 59.0 Å². The number of hydrogen-bond acceptors (Lipinski definition) is 5. The molecule has 3 heterocycles. The zero-order valence-corrected chi connectivity index (χ0v) is 21.5. The normalized spacial score (nSPS) is 18.9. The average molecular weight is 503 g/mol. The highest BCUT2D eigenvalue weighted by Gasteiger charge is 2.31. The van der Waals surface area contributed by atoms with Gasteiger partial charge in [-0.05, 0) is 67.1 Å². The molecule has 5 rings (SSSR count). The van der Waals surface area contributed by atoms with Gasteiger partial charge in [-0.1, -0.05) is 42.8 Å². The molecule has 37 heavy (non-hydrogen) atoms. The first-order valence-electron chi connectivity index (χ1n) is 13.1. The van der Waals surface area contributed by atoms with E-state index in [-0.39, 0.29) is 36.3 Å². The summed E-state index contributed by atoms with van der Waals surface area (Å²) in [5.74, 6) is 1.41. The lowest BCUT2D eigenvalue weighted by Gasteiger charge is -2.38. The average Bonchev–Trinajstić information content (AvgIpc) is 3.62. The van der Waals surface area contributed by atoms with Crippen molar-refractivity contribution >= 4 is 11.8 Å². The number of carbonyl (C=O) groups excluding carboxylic acids is 2. The van der Waals surface area contributed by atoms with Crippen LogP contribution in [0.1, 0.15) is 70.8 Å². The quantitative estimate of drug-likeness (QED) is 0.471. The topological polar surface area (TPSA) is 81.0 Å². The van der Waals surface area contributed by atoms with Crippen molar-refractivity contribution in [1.29, 1.82) is 0 Å². The molecular weight excluding hydrogens is 468 g/mol. The minimum atomic E-state index is -0.253. The van der Waals surface area contributed by atoms with Gasteiger partial charge in [-0.25, -0.2) is 0 Å². The van der Waals surface area contributed by atoms with E-state index in [0.29, 0.717) is 31.0 Å². The molecule has 1 aromatic heterocycles. The smallest absolute Gasteiger partial charge is 0.287 e. The maximum Gasteiger partial charge on any atom is 0.287 e. The highest BCUT2D eigenvalue weighted by molar-refractivity contribution is 5.91. The van der Waals surface area contributed by atoms with Crippen molar-refractivity contribution in [2.24, 2.45) is 0 Å². The van der Waals surface area contributed by atoms with Crippen LogP contribution in [0.3, 0.4) is 0 Å². The number of aryl methyl sites for hydroxylation is 1. The van der Waals surface area contributed by atoms with E-state index >= 15 is 0 Å². The number of hydrogen-bond donors (Lipinski definition) is 1. The summed E-state index contributed by atoms with van der Waals surface area (Å²) < 4.78 is 17.4. The molecule has 0 bridgehead atoms. The van der Waals surface area contributed by atoms with Gasteiger partial charge in [0.15, 0.2) is 5.76 Å². The highest BCUT2D eigenvalue weighted by atomic mass is 16.5. The van der Waals surface area contributed by atoms with Gasteiger partial charge in [0.2, 0.25) is 5.91 Å². The molecule has 7 heteroatoms. The second kappa shape index (κ2) is 11.2. The lowest BCUT2D eigenvalue weighted by atomic mass is 9.87. The summed E-state index contributed by atoms with van der Waals surface area (Å²) in [4.78, 5) is 27.3. The molecule has 2 unspecified atom stereocenters. The van der Waals surface area contributed by atoms with E-state index in [1.807, 2.05) is 30.0 Å². The molecule has 1 saturated heterocycles. The van der Waals surface area contributed by atoms with Gasteiger partial charge in [-0.2, -0.15) is 0 Å². The Labute approximate surface area is 217 Å². The van der Waals surface area contributed by atoms with Crippen molar-refractivity contribution < 1.29 is 23.5 Å². The third kappa shape index (κ3) is 5.72. The van der Waals surface area contributed by atoms with E-state index in [2.05, 4.69) is 36.5 Å². The first kappa shape index (κ1) is 25.1. The van der Waals surface area contributed by atoms with E-state index in [4.69, 9.17) is 13.9 Å². The van der Waals surface area contributed by atoms with Crippen molar-refractivity contribution in [2.45, 2.75) is 58.3 Å². The molecule has 0 spiro atoms. The monoisotopic (exact) mass is 502 g/mol. The van der Waals surface area contributed by atoms with E-state index < -0.39 is 0 Å². The second-order valence-electron chi connectivity index (χ2n) is 9.77. The van der Waals surface area contributed by atoms with Gasteiger partial charge in [-0.3, -0.25) is 9.59 Å². The zero-order valence-electron chi connectivity index (χ0n) is 21.5. The molecular formula is C30H34N2O5. The summed E-state index contributed by atoms with van der Waals surface area (Å²) in [6.45, 7) is 6.11. The minimum Gasteiger partial charge on any atom is -0.486 e. The summed E-state index contributed by atoms with van der Waals surface area (Å²) in [5, 5.41) is 2.87. The Kier molecular flexibility index (Phi) is 7.60. The Bertz CT molecular complexity index is 1260. The standard InChI is InChI=1S/C30H34N2O5/c1-3-28(33)32-14-13-21-9-10-23(17-26(21)29(32)22-7-4-6-20(2)16-22)36-19-25-11-12-27(37-25)30(34)31-18-24-8-5-15-35-24/h4,6-7,9-12,16-17,24,29H,3,5,8,13-15,18-19H2,1-2H3,(H,31,34). The van der Waals surface area contributed by atoms with Crippen LogP contribution in [0.25, 0.3) is 0 Å². The molecule has 2 aliphatic heterocycles. The fourth-order valence-corrected chi connectivity index (χ4v) is 5.19. The largest absolute Gasteiger partial charge is 0.486 e. The molecule has 0 aliphatic carbocycles. The molecule has 194 valence electrons. The van der Waals surface area contributed by atoms with Crippen LogP contribution in [0, 0.1) is 6.92 Å². The first-order valence-corrected chi connectivity index (χ1v) is 13.1. The van der Waals surface area contributed by atoms with Crippen molar-refractivity contribution in [3.8, 4) is 5.75 Å². The molecule has 7 nitrogen and oxygen atoms in total. The minimum absolute atomic E-state index is 0.0814. The molecule has 2 aromatic carbocycles. The number of nitrogens with one attached hydrogen (secondary N) is 1. The summed E-state index contributed by atoms with van der Waals surface area (Å²) >= 11 is 0. The van der Waals surface area contributed by atoms with Crippen molar-refractivity contribution in [2.75, 3.05) is 19.7 Å². The van der Waals surface area contributed by atoms with Crippen LogP contribution < -0.4 is 10.1 Å². The molecule has 0 radical (unpaired) electrons. The Balaban J connectivity index is 1.30. The zero-order chi connectivity index (χ0) is 25.8. The van der Waals surface area contributed by atoms with Crippen LogP contribution in [0.4, 0.5) is 0 Å². The van der Waals surface area contributed by atoms with E-state index in [0.717, 1.165) is 42.6 Å². The van der Waals surface area contributed by atoms with Gasteiger partial charge < -0.3 is 24.1 Å². The maximum absolute atomic E-state index is 12.9. The number of fused-ring (bicyclic) bond motifs is 1. The molecule has 2 atom stereocenters. The van der Waals surface area contributed by atoms with Gasteiger partial charge in [0.05, 0.1) is 12.1 Å². The summed E-state index contributed by atoms with van der Waals surface area (Å²) in [6.07, 6.45) is 3.36. The molecule has 2 aliphatic rings. The van der Waals surface area contributed by atoms with Crippen LogP contribution in [0.5, 0.6) is 5.75 Å². The second-order valence-corrected chi connectivity index (χ2v) is 9.77. The number of ether oxygens (including phenoxy) is 2. The Morgan fingerprint density at radius 3 is 2.81 bits per heavy atom. The molecule has 0 saturated carbocycles. The third-order valence-electron chi connectivity index (χ3n) is 7.11. The molecule has 3 aromatic rings. The Morgan fingerprint density at radius 2 is 2.03 bits per heavy atom. The Morgan fingerprint density at radius 1 is 1.14 bits per heavy atom. The summed E-state index contributed by atoms with van der Waals surface area (Å²) in [6, 6.07) is 17.7. The summed E-state index contributed by atoms with van der Waals surface area (Å²) in [7, 11) is 0. The number of furan rings is 1. The number of rotatable bonds is 8. The number of carbonyl (C=O) groups is 2. The summed E-state index contributed by atoms with van der Waals surface area (Å²) in [5.41, 5.74) is 4.57. The van der Waals surface area contributed by atoms with Crippen LogP contribution in [0.2, 0.25) is 0 Å². The number of benzene rings is 2. The van der Waals surface area contributed by atoms with Crippen LogP contribution in [-0.4, -0.2) is 42.5 Å². The van der Waals surface area contributed by atoms with Crippen molar-refractivity contribution in [1.82, 2.24) is 10.2 Å². The lowest BCUT2D eigenvalue weighted by Crippen LogP contribution is -2.40. The predicted molar refractivity (Wildman–Crippen MR) is 140 cm³/mol. The van der Waals surface area contributed by atoms with E-state index in [1.165, 1.54) is 5.56 Å². The molecule has 1 N–H and O–H groups in total. The number of amides is 2. The first-order chi connectivity index (χ1) is 18.0. The van der Waals surface area contributed by atoms with Gasteiger partial charge in [0.1, 0.15) is 18.1 Å². The fraction of sp³-hybridized carbons (Fsp3) is 0.400. The van der Waals surface area contributed by atoms with Gasteiger partial charge >= 0.3 is 0 Å². The van der Waals surface area contributed by atoms with Gasteiger partial charge in [0.25, 0.3) is 5.91 Å². The van der Waals surface area contributed by atoms with E-state index in [9.17, 15) is 9.59 Å². The van der Waals surface area contributed by atoms with Gasteiger partial charge in [0, 0.05) is 26.1 Å². The highest BCUT2D eigenvalue weighted by Crippen LogP contribution is 2.38. The predicted octanol–water partition coefficient (Wildman–Crippen LogP) is 4.96. The Hall–Kier alpha value is -3.58. The SMILES string of the molecule is CCC(=O)N1CCc2ccc(OCc3ccc(C(=O)NCC4CCCO4)o3)cc2C1c1cccc(C)c1. The fourth-order valence-electron chi connectivity index (χ4n) is 5.19. The van der Waals surface area contributed by atoms with Crippen molar-refractivity contribution in [3.63, 3.8) is 0 Å². The molecule has 2 amide bonds.